The molecule has 3 aromatic rings. The van der Waals surface area contributed by atoms with Crippen molar-refractivity contribution in [2.24, 2.45) is 0 Å². The van der Waals surface area contributed by atoms with Crippen molar-refractivity contribution in [3.05, 3.63) is 76.5 Å². The summed E-state index contributed by atoms with van der Waals surface area (Å²) in [6, 6.07) is 12.0. The van der Waals surface area contributed by atoms with E-state index in [1.165, 1.54) is 16.8 Å². The molecule has 138 valence electrons. The zero-order chi connectivity index (χ0) is 18.6. The van der Waals surface area contributed by atoms with E-state index in [-0.39, 0.29) is 0 Å². The maximum atomic E-state index is 5.96. The van der Waals surface area contributed by atoms with E-state index in [0.29, 0.717) is 0 Å². The van der Waals surface area contributed by atoms with E-state index in [0.717, 1.165) is 61.0 Å². The summed E-state index contributed by atoms with van der Waals surface area (Å²) < 4.78 is 0. The molecule has 27 heavy (non-hydrogen) atoms. The fourth-order valence-corrected chi connectivity index (χ4v) is 3.59. The number of aryl methyl sites for hydroxylation is 1. The van der Waals surface area contributed by atoms with Crippen molar-refractivity contribution in [3.8, 4) is 11.3 Å². The first-order valence-electron chi connectivity index (χ1n) is 9.48. The largest absolute Gasteiger partial charge is 0.294 e. The van der Waals surface area contributed by atoms with Gasteiger partial charge < -0.3 is 0 Å². The summed E-state index contributed by atoms with van der Waals surface area (Å²) in [6.07, 6.45) is 7.03. The second kappa shape index (κ2) is 8.15. The lowest BCUT2D eigenvalue weighted by atomic mass is 10.1. The lowest BCUT2D eigenvalue weighted by Gasteiger charge is -2.28. The third-order valence-electron chi connectivity index (χ3n) is 4.91. The smallest absolute Gasteiger partial charge is 0.128 e. The second-order valence-electron chi connectivity index (χ2n) is 7.03. The predicted octanol–water partition coefficient (Wildman–Crippen LogP) is 4.70. The Kier molecular flexibility index (Phi) is 5.46. The lowest BCUT2D eigenvalue weighted by Crippen LogP contribution is -2.31. The summed E-state index contributed by atoms with van der Waals surface area (Å²) >= 11 is 5.96. The fraction of sp³-hybridized carbons (Fsp3) is 0.318. The maximum absolute atomic E-state index is 5.96. The van der Waals surface area contributed by atoms with E-state index in [4.69, 9.17) is 16.6 Å². The molecule has 2 aromatic heterocycles. The maximum Gasteiger partial charge on any atom is 0.128 e. The number of hydrogen-bond donors (Lipinski definition) is 0. The standard InChI is InChI=1S/C22H23ClN4/c1-2-3-22-25-13-18-15-27(11-10-21(18)26-22)14-16-4-9-20(24-12-16)17-5-7-19(23)8-6-17/h4-9,12-13H,2-3,10-11,14-15H2,1H3. The molecule has 0 unspecified atom stereocenters. The van der Waals surface area contributed by atoms with Gasteiger partial charge in [0, 0.05) is 66.7 Å². The zero-order valence-corrected chi connectivity index (χ0v) is 16.3. The van der Waals surface area contributed by atoms with E-state index < -0.39 is 0 Å². The summed E-state index contributed by atoms with van der Waals surface area (Å²) in [5.74, 6) is 0.978. The van der Waals surface area contributed by atoms with Crippen LogP contribution in [0.4, 0.5) is 0 Å². The van der Waals surface area contributed by atoms with Crippen molar-refractivity contribution < 1.29 is 0 Å². The van der Waals surface area contributed by atoms with Gasteiger partial charge in [-0.15, -0.1) is 0 Å². The molecule has 0 aliphatic carbocycles. The van der Waals surface area contributed by atoms with Gasteiger partial charge in [0.15, 0.2) is 0 Å². The van der Waals surface area contributed by atoms with Crippen LogP contribution >= 0.6 is 11.6 Å². The van der Waals surface area contributed by atoms with Crippen LogP contribution < -0.4 is 0 Å². The molecule has 1 aliphatic heterocycles. The summed E-state index contributed by atoms with van der Waals surface area (Å²) in [6.45, 7) is 4.98. The quantitative estimate of drug-likeness (QED) is 0.645. The molecule has 0 fully saturated rings. The van der Waals surface area contributed by atoms with Crippen molar-refractivity contribution >= 4 is 11.6 Å². The van der Waals surface area contributed by atoms with E-state index in [1.54, 1.807) is 0 Å². The lowest BCUT2D eigenvalue weighted by molar-refractivity contribution is 0.242. The van der Waals surface area contributed by atoms with Gasteiger partial charge in [-0.1, -0.05) is 36.7 Å². The molecule has 5 heteroatoms. The Morgan fingerprint density at radius 3 is 2.63 bits per heavy atom. The first-order valence-corrected chi connectivity index (χ1v) is 9.86. The summed E-state index contributed by atoms with van der Waals surface area (Å²) in [4.78, 5) is 16.3. The number of aromatic nitrogens is 3. The Morgan fingerprint density at radius 1 is 1.04 bits per heavy atom. The molecule has 1 aliphatic rings. The highest BCUT2D eigenvalue weighted by Crippen LogP contribution is 2.22. The molecule has 0 saturated heterocycles. The number of rotatable bonds is 5. The Bertz CT molecular complexity index is 907. The van der Waals surface area contributed by atoms with Gasteiger partial charge in [0.2, 0.25) is 0 Å². The third kappa shape index (κ3) is 4.34. The molecule has 0 spiro atoms. The Labute approximate surface area is 165 Å². The van der Waals surface area contributed by atoms with Crippen molar-refractivity contribution in [1.29, 1.82) is 0 Å². The molecule has 0 atom stereocenters. The minimum Gasteiger partial charge on any atom is -0.294 e. The van der Waals surface area contributed by atoms with E-state index >= 15 is 0 Å². The normalized spacial score (nSPS) is 14.1. The molecule has 4 nitrogen and oxygen atoms in total. The third-order valence-corrected chi connectivity index (χ3v) is 5.16. The van der Waals surface area contributed by atoms with Gasteiger partial charge in [-0.3, -0.25) is 9.88 Å². The van der Waals surface area contributed by atoms with Gasteiger partial charge in [0.25, 0.3) is 0 Å². The van der Waals surface area contributed by atoms with Gasteiger partial charge in [0.05, 0.1) is 5.69 Å². The summed E-state index contributed by atoms with van der Waals surface area (Å²) in [7, 11) is 0. The van der Waals surface area contributed by atoms with E-state index in [9.17, 15) is 0 Å². The van der Waals surface area contributed by atoms with Crippen LogP contribution in [0.3, 0.4) is 0 Å². The molecular weight excluding hydrogens is 356 g/mol. The molecule has 3 heterocycles. The average Bonchev–Trinajstić information content (AvgIpc) is 2.70. The Morgan fingerprint density at radius 2 is 1.89 bits per heavy atom. The Hall–Kier alpha value is -2.30. The SMILES string of the molecule is CCCc1ncc2c(n1)CCN(Cc1ccc(-c3ccc(Cl)cc3)nc1)C2. The van der Waals surface area contributed by atoms with Gasteiger partial charge >= 0.3 is 0 Å². The van der Waals surface area contributed by atoms with Crippen LogP contribution in [0.5, 0.6) is 0 Å². The number of halogens is 1. The molecule has 0 amide bonds. The molecule has 0 saturated carbocycles. The number of pyridine rings is 1. The highest BCUT2D eigenvalue weighted by Gasteiger charge is 2.18. The van der Waals surface area contributed by atoms with Crippen LogP contribution in [0.15, 0.2) is 48.8 Å². The number of hydrogen-bond acceptors (Lipinski definition) is 4. The Balaban J connectivity index is 1.42. The first kappa shape index (κ1) is 18.1. The minimum atomic E-state index is 0.742. The van der Waals surface area contributed by atoms with Crippen molar-refractivity contribution in [1.82, 2.24) is 19.9 Å². The van der Waals surface area contributed by atoms with Crippen molar-refractivity contribution in [2.45, 2.75) is 39.3 Å². The molecular formula is C22H23ClN4. The van der Waals surface area contributed by atoms with Crippen LogP contribution in [-0.4, -0.2) is 26.4 Å². The highest BCUT2D eigenvalue weighted by molar-refractivity contribution is 6.30. The van der Waals surface area contributed by atoms with Gasteiger partial charge in [-0.25, -0.2) is 9.97 Å². The van der Waals surface area contributed by atoms with Crippen LogP contribution in [0.2, 0.25) is 5.02 Å². The summed E-state index contributed by atoms with van der Waals surface area (Å²) in [5.41, 5.74) is 5.75. The number of fused-ring (bicyclic) bond motifs is 1. The van der Waals surface area contributed by atoms with Crippen molar-refractivity contribution in [3.63, 3.8) is 0 Å². The monoisotopic (exact) mass is 378 g/mol. The van der Waals surface area contributed by atoms with Gasteiger partial charge in [-0.05, 0) is 30.2 Å². The average molecular weight is 379 g/mol. The predicted molar refractivity (Wildman–Crippen MR) is 109 cm³/mol. The number of benzene rings is 1. The van der Waals surface area contributed by atoms with E-state index in [2.05, 4.69) is 33.9 Å². The first-order chi connectivity index (χ1) is 13.2. The van der Waals surface area contributed by atoms with Crippen LogP contribution in [0, 0.1) is 0 Å². The van der Waals surface area contributed by atoms with Crippen LogP contribution in [0.1, 0.15) is 36.0 Å². The van der Waals surface area contributed by atoms with Crippen LogP contribution in [0.25, 0.3) is 11.3 Å². The van der Waals surface area contributed by atoms with Gasteiger partial charge in [-0.2, -0.15) is 0 Å². The highest BCUT2D eigenvalue weighted by atomic mass is 35.5. The molecule has 0 bridgehead atoms. The second-order valence-corrected chi connectivity index (χ2v) is 7.46. The molecule has 1 aromatic carbocycles. The van der Waals surface area contributed by atoms with E-state index in [1.807, 2.05) is 36.7 Å². The topological polar surface area (TPSA) is 41.9 Å². The summed E-state index contributed by atoms with van der Waals surface area (Å²) in [5, 5.41) is 0.742. The molecule has 0 radical (unpaired) electrons. The molecule has 4 rings (SSSR count). The van der Waals surface area contributed by atoms with Crippen molar-refractivity contribution in [2.75, 3.05) is 6.54 Å². The number of nitrogens with zero attached hydrogens (tertiary/aromatic N) is 4. The zero-order valence-electron chi connectivity index (χ0n) is 15.5. The fourth-order valence-electron chi connectivity index (χ4n) is 3.46. The van der Waals surface area contributed by atoms with Crippen LogP contribution in [-0.2, 0) is 25.9 Å². The van der Waals surface area contributed by atoms with Gasteiger partial charge in [0.1, 0.15) is 5.82 Å². The molecule has 0 N–H and O–H groups in total. The minimum absolute atomic E-state index is 0.742.